The average Bonchev–Trinajstić information content (AvgIpc) is 3.21. The van der Waals surface area contributed by atoms with Crippen molar-refractivity contribution >= 4 is 19.6 Å². The van der Waals surface area contributed by atoms with Crippen LogP contribution in [0.15, 0.2) is 28.8 Å². The number of hydrogen-bond donors (Lipinski definition) is 0. The van der Waals surface area contributed by atoms with Gasteiger partial charge >= 0.3 is 6.01 Å². The molecule has 1 saturated heterocycles. The lowest BCUT2D eigenvalue weighted by Crippen LogP contribution is -2.46. The number of ether oxygens (including phenoxy) is 1. The van der Waals surface area contributed by atoms with Crippen LogP contribution in [-0.4, -0.2) is 61.9 Å². The molecule has 0 amide bonds. The van der Waals surface area contributed by atoms with Gasteiger partial charge in [0.2, 0.25) is 0 Å². The minimum absolute atomic E-state index is 0.664. The zero-order valence-corrected chi connectivity index (χ0v) is 16.1. The van der Waals surface area contributed by atoms with Crippen molar-refractivity contribution in [3.8, 4) is 5.75 Å². The monoisotopic (exact) mass is 376 g/mol. The van der Waals surface area contributed by atoms with E-state index in [1.54, 1.807) is 7.11 Å². The highest BCUT2D eigenvalue weighted by Crippen LogP contribution is 2.17. The van der Waals surface area contributed by atoms with Gasteiger partial charge < -0.3 is 23.7 Å². The Hall–Kier alpha value is -2.74. The molecule has 0 saturated carbocycles. The number of carbonyl (C=O) groups excluding carboxylic acids is 2. The summed E-state index contributed by atoms with van der Waals surface area (Å²) in [5.74, 6) is 1.71. The van der Waals surface area contributed by atoms with E-state index >= 15 is 0 Å². The molecule has 2 aromatic rings. The fraction of sp³-hybridized carbons (Fsp3) is 0.474. The molecule has 0 atom stereocenters. The van der Waals surface area contributed by atoms with E-state index in [-0.39, 0.29) is 0 Å². The number of hydrogen-bond acceptors (Lipinski definition) is 8. The largest absolute Gasteiger partial charge is 0.497 e. The number of carbonyl (C=O) groups is 2. The second-order valence-electron chi connectivity index (χ2n) is 5.85. The molecule has 8 heteroatoms. The van der Waals surface area contributed by atoms with Gasteiger partial charge in [0.25, 0.3) is 0 Å². The van der Waals surface area contributed by atoms with Gasteiger partial charge in [-0.1, -0.05) is 24.2 Å². The summed E-state index contributed by atoms with van der Waals surface area (Å²) in [7, 11) is 1.69. The van der Waals surface area contributed by atoms with Crippen LogP contribution < -0.4 is 9.64 Å². The van der Waals surface area contributed by atoms with E-state index in [9.17, 15) is 0 Å². The topological polar surface area (TPSA) is 88.8 Å². The van der Waals surface area contributed by atoms with Crippen molar-refractivity contribution in [3.63, 3.8) is 0 Å². The quantitative estimate of drug-likeness (QED) is 0.756. The molecule has 8 nitrogen and oxygen atoms in total. The Bertz CT molecular complexity index is 637. The summed E-state index contributed by atoms with van der Waals surface area (Å²) in [6, 6.07) is 8.94. The maximum absolute atomic E-state index is 8.00. The second-order valence-corrected chi connectivity index (χ2v) is 5.85. The molecule has 2 heterocycles. The molecule has 1 aliphatic rings. The minimum Gasteiger partial charge on any atom is -0.497 e. The van der Waals surface area contributed by atoms with Crippen molar-refractivity contribution in [3.05, 3.63) is 35.7 Å². The van der Waals surface area contributed by atoms with Gasteiger partial charge in [0.15, 0.2) is 5.82 Å². The van der Waals surface area contributed by atoms with Crippen molar-refractivity contribution in [2.75, 3.05) is 38.2 Å². The molecule has 1 aromatic heterocycles. The first-order valence-electron chi connectivity index (χ1n) is 8.79. The maximum atomic E-state index is 8.00. The van der Waals surface area contributed by atoms with Gasteiger partial charge in [0, 0.05) is 39.1 Å². The Morgan fingerprint density at radius 2 is 1.70 bits per heavy atom. The Morgan fingerprint density at radius 3 is 2.26 bits per heavy atom. The van der Waals surface area contributed by atoms with Crippen molar-refractivity contribution in [2.24, 2.45) is 0 Å². The molecule has 0 aliphatic carbocycles. The highest BCUT2D eigenvalue weighted by molar-refractivity contribution is 5.28. The van der Waals surface area contributed by atoms with Crippen LogP contribution in [0.25, 0.3) is 0 Å². The number of methoxy groups -OCH3 is 1. The van der Waals surface area contributed by atoms with Crippen LogP contribution in [0.4, 0.5) is 6.01 Å². The lowest BCUT2D eigenvalue weighted by molar-refractivity contribution is -0.0987. The molecule has 0 spiro atoms. The zero-order valence-electron chi connectivity index (χ0n) is 16.1. The number of anilines is 1. The number of benzene rings is 1. The molecule has 148 valence electrons. The van der Waals surface area contributed by atoms with Crippen LogP contribution in [0.1, 0.15) is 24.7 Å². The predicted molar refractivity (Wildman–Crippen MR) is 103 cm³/mol. The molecule has 1 aliphatic heterocycles. The van der Waals surface area contributed by atoms with Crippen molar-refractivity contribution in [1.29, 1.82) is 0 Å². The summed E-state index contributed by atoms with van der Waals surface area (Å²) in [6.07, 6.45) is 1.91. The summed E-state index contributed by atoms with van der Waals surface area (Å²) in [4.78, 5) is 25.1. The SMILES string of the molecule is C=O.C=O.CCCc1noc(N2CCN(Cc3ccc(OC)cc3)CC2)n1. The third-order valence-corrected chi connectivity index (χ3v) is 4.14. The van der Waals surface area contributed by atoms with Crippen LogP contribution in [0.3, 0.4) is 0 Å². The number of piperazine rings is 1. The van der Waals surface area contributed by atoms with Gasteiger partial charge in [0.1, 0.15) is 19.3 Å². The average molecular weight is 376 g/mol. The van der Waals surface area contributed by atoms with E-state index in [0.29, 0.717) is 6.01 Å². The minimum atomic E-state index is 0.664. The maximum Gasteiger partial charge on any atom is 0.324 e. The number of rotatable bonds is 6. The molecular weight excluding hydrogens is 348 g/mol. The van der Waals surface area contributed by atoms with Crippen molar-refractivity contribution in [2.45, 2.75) is 26.3 Å². The van der Waals surface area contributed by atoms with Gasteiger partial charge in [-0.2, -0.15) is 4.98 Å². The van der Waals surface area contributed by atoms with E-state index in [1.807, 2.05) is 25.7 Å². The fourth-order valence-electron chi connectivity index (χ4n) is 2.78. The highest BCUT2D eigenvalue weighted by atomic mass is 16.5. The standard InChI is InChI=1S/C17H24N4O2.2CH2O/c1-3-4-16-18-17(23-19-16)21-11-9-20(10-12-21)13-14-5-7-15(22-2)8-6-14;2*1-2/h5-8H,3-4,9-13H2,1-2H3;2*1H2. The van der Waals surface area contributed by atoms with E-state index in [0.717, 1.165) is 57.1 Å². The summed E-state index contributed by atoms with van der Waals surface area (Å²) in [6.45, 7) is 10.9. The summed E-state index contributed by atoms with van der Waals surface area (Å²) < 4.78 is 10.6. The van der Waals surface area contributed by atoms with E-state index in [4.69, 9.17) is 18.8 Å². The summed E-state index contributed by atoms with van der Waals surface area (Å²) >= 11 is 0. The Balaban J connectivity index is 0.000000855. The summed E-state index contributed by atoms with van der Waals surface area (Å²) in [5, 5.41) is 4.03. The number of aromatic nitrogens is 2. The zero-order chi connectivity index (χ0) is 20.1. The van der Waals surface area contributed by atoms with Crippen LogP contribution in [0.5, 0.6) is 5.75 Å². The molecule has 0 bridgehead atoms. The predicted octanol–water partition coefficient (Wildman–Crippen LogP) is 1.98. The first-order chi connectivity index (χ1) is 13.3. The van der Waals surface area contributed by atoms with Crippen molar-refractivity contribution in [1.82, 2.24) is 15.0 Å². The normalized spacial score (nSPS) is 13.8. The van der Waals surface area contributed by atoms with Gasteiger partial charge in [-0.3, -0.25) is 4.90 Å². The molecule has 0 N–H and O–H groups in total. The number of aryl methyl sites for hydroxylation is 1. The third-order valence-electron chi connectivity index (χ3n) is 4.14. The first kappa shape index (κ1) is 22.3. The Kier molecular flexibility index (Phi) is 10.4. The summed E-state index contributed by atoms with van der Waals surface area (Å²) in [5.41, 5.74) is 1.31. The fourth-order valence-corrected chi connectivity index (χ4v) is 2.78. The van der Waals surface area contributed by atoms with Gasteiger partial charge in [-0.05, 0) is 24.1 Å². The van der Waals surface area contributed by atoms with Crippen LogP contribution >= 0.6 is 0 Å². The van der Waals surface area contributed by atoms with E-state index in [2.05, 4.69) is 39.0 Å². The second kappa shape index (κ2) is 12.6. The molecule has 0 radical (unpaired) electrons. The Morgan fingerprint density at radius 1 is 1.07 bits per heavy atom. The Labute approximate surface area is 160 Å². The van der Waals surface area contributed by atoms with Crippen molar-refractivity contribution < 1.29 is 18.8 Å². The number of nitrogens with zero attached hydrogens (tertiary/aromatic N) is 4. The van der Waals surface area contributed by atoms with Crippen LogP contribution in [0, 0.1) is 0 Å². The lowest BCUT2D eigenvalue weighted by atomic mass is 10.2. The smallest absolute Gasteiger partial charge is 0.324 e. The molecule has 1 aromatic carbocycles. The highest BCUT2D eigenvalue weighted by Gasteiger charge is 2.21. The molecule has 1 fully saturated rings. The lowest BCUT2D eigenvalue weighted by Gasteiger charge is -2.33. The van der Waals surface area contributed by atoms with Crippen LogP contribution in [-0.2, 0) is 22.6 Å². The molecule has 0 unspecified atom stereocenters. The first-order valence-corrected chi connectivity index (χ1v) is 8.79. The third kappa shape index (κ3) is 6.82. The molecule has 27 heavy (non-hydrogen) atoms. The van der Waals surface area contributed by atoms with Gasteiger partial charge in [-0.15, -0.1) is 0 Å². The molecular formula is C19H28N4O4. The van der Waals surface area contributed by atoms with Crippen LogP contribution in [0.2, 0.25) is 0 Å². The van der Waals surface area contributed by atoms with Gasteiger partial charge in [-0.25, -0.2) is 0 Å². The molecule has 3 rings (SSSR count). The van der Waals surface area contributed by atoms with E-state index in [1.165, 1.54) is 5.56 Å². The van der Waals surface area contributed by atoms with E-state index < -0.39 is 0 Å². The van der Waals surface area contributed by atoms with Gasteiger partial charge in [0.05, 0.1) is 7.11 Å².